The summed E-state index contributed by atoms with van der Waals surface area (Å²) in [5.74, 6) is -0.283. The molecule has 2 aromatic carbocycles. The summed E-state index contributed by atoms with van der Waals surface area (Å²) in [7, 11) is 0. The number of hydrogen-bond acceptors (Lipinski definition) is 4. The van der Waals surface area contributed by atoms with Crippen LogP contribution in [0.2, 0.25) is 5.02 Å². The van der Waals surface area contributed by atoms with E-state index >= 15 is 0 Å². The first-order valence-electron chi connectivity index (χ1n) is 5.69. The summed E-state index contributed by atoms with van der Waals surface area (Å²) in [5.41, 5.74) is 12.1. The SMILES string of the molecule is N=C(N)c1ccc(OC(=O)c2ccc(Cl)cc2N)cc1. The van der Waals surface area contributed by atoms with Crippen LogP contribution >= 0.6 is 11.6 Å². The maximum atomic E-state index is 12.0. The number of halogens is 1. The molecule has 0 aliphatic carbocycles. The van der Waals surface area contributed by atoms with Crippen molar-refractivity contribution in [3.8, 4) is 5.75 Å². The number of rotatable bonds is 3. The molecule has 20 heavy (non-hydrogen) atoms. The Labute approximate surface area is 120 Å². The van der Waals surface area contributed by atoms with Gasteiger partial charge < -0.3 is 16.2 Å². The lowest BCUT2D eigenvalue weighted by molar-refractivity contribution is 0.0736. The second kappa shape index (κ2) is 5.63. The quantitative estimate of drug-likeness (QED) is 0.265. The van der Waals surface area contributed by atoms with Gasteiger partial charge in [0.25, 0.3) is 0 Å². The van der Waals surface area contributed by atoms with Crippen LogP contribution in [0.3, 0.4) is 0 Å². The molecule has 5 nitrogen and oxygen atoms in total. The van der Waals surface area contributed by atoms with Gasteiger partial charge in [-0.15, -0.1) is 0 Å². The minimum atomic E-state index is -0.574. The zero-order chi connectivity index (χ0) is 14.7. The van der Waals surface area contributed by atoms with Crippen LogP contribution in [0.15, 0.2) is 42.5 Å². The number of nitrogen functional groups attached to an aromatic ring is 2. The van der Waals surface area contributed by atoms with Crippen molar-refractivity contribution in [1.82, 2.24) is 0 Å². The highest BCUT2D eigenvalue weighted by atomic mass is 35.5. The van der Waals surface area contributed by atoms with Gasteiger partial charge in [-0.2, -0.15) is 0 Å². The van der Waals surface area contributed by atoms with E-state index in [0.29, 0.717) is 16.3 Å². The van der Waals surface area contributed by atoms with E-state index in [1.54, 1.807) is 30.3 Å². The fourth-order valence-electron chi connectivity index (χ4n) is 1.58. The highest BCUT2D eigenvalue weighted by Gasteiger charge is 2.12. The Balaban J connectivity index is 2.17. The minimum Gasteiger partial charge on any atom is -0.423 e. The zero-order valence-corrected chi connectivity index (χ0v) is 11.1. The Hall–Kier alpha value is -2.53. The first kappa shape index (κ1) is 13.9. The molecule has 0 saturated carbocycles. The Morgan fingerprint density at radius 1 is 1.15 bits per heavy atom. The monoisotopic (exact) mass is 289 g/mol. The van der Waals surface area contributed by atoms with Crippen molar-refractivity contribution in [2.45, 2.75) is 0 Å². The molecule has 0 atom stereocenters. The van der Waals surface area contributed by atoms with Crippen LogP contribution in [-0.4, -0.2) is 11.8 Å². The van der Waals surface area contributed by atoms with Crippen LogP contribution in [0.5, 0.6) is 5.75 Å². The molecule has 0 heterocycles. The van der Waals surface area contributed by atoms with Crippen molar-refractivity contribution in [2.24, 2.45) is 5.73 Å². The van der Waals surface area contributed by atoms with Gasteiger partial charge in [-0.1, -0.05) is 11.6 Å². The van der Waals surface area contributed by atoms with Gasteiger partial charge in [0.15, 0.2) is 0 Å². The Bertz CT molecular complexity index is 669. The van der Waals surface area contributed by atoms with E-state index in [-0.39, 0.29) is 17.1 Å². The van der Waals surface area contributed by atoms with Crippen molar-refractivity contribution in [3.63, 3.8) is 0 Å². The molecule has 0 unspecified atom stereocenters. The molecule has 102 valence electrons. The fraction of sp³-hybridized carbons (Fsp3) is 0. The van der Waals surface area contributed by atoms with Crippen LogP contribution in [0, 0.1) is 5.41 Å². The number of carbonyl (C=O) groups is 1. The third-order valence-corrected chi connectivity index (χ3v) is 2.84. The summed E-state index contributed by atoms with van der Waals surface area (Å²) >= 11 is 5.76. The number of ether oxygens (including phenoxy) is 1. The van der Waals surface area contributed by atoms with E-state index in [2.05, 4.69) is 0 Å². The molecule has 6 heteroatoms. The Morgan fingerprint density at radius 2 is 1.80 bits per heavy atom. The van der Waals surface area contributed by atoms with Gasteiger partial charge in [0.1, 0.15) is 11.6 Å². The maximum Gasteiger partial charge on any atom is 0.345 e. The molecule has 0 spiro atoms. The molecule has 0 aromatic heterocycles. The minimum absolute atomic E-state index is 0.0511. The lowest BCUT2D eigenvalue weighted by Gasteiger charge is -2.07. The van der Waals surface area contributed by atoms with Crippen molar-refractivity contribution in [3.05, 3.63) is 58.6 Å². The average Bonchev–Trinajstić information content (AvgIpc) is 2.39. The van der Waals surface area contributed by atoms with Gasteiger partial charge >= 0.3 is 5.97 Å². The largest absolute Gasteiger partial charge is 0.423 e. The highest BCUT2D eigenvalue weighted by Crippen LogP contribution is 2.20. The molecule has 2 aromatic rings. The van der Waals surface area contributed by atoms with Gasteiger partial charge in [0.2, 0.25) is 0 Å². The molecule has 0 bridgehead atoms. The van der Waals surface area contributed by atoms with Crippen LogP contribution < -0.4 is 16.2 Å². The van der Waals surface area contributed by atoms with Crippen LogP contribution in [0.4, 0.5) is 5.69 Å². The predicted molar refractivity (Wildman–Crippen MR) is 78.3 cm³/mol. The molecule has 0 aliphatic heterocycles. The molecule has 0 radical (unpaired) electrons. The maximum absolute atomic E-state index is 12.0. The molecule has 5 N–H and O–H groups in total. The van der Waals surface area contributed by atoms with Crippen molar-refractivity contribution >= 4 is 29.1 Å². The molecule has 0 saturated heterocycles. The summed E-state index contributed by atoms with van der Waals surface area (Å²) in [5, 5.41) is 7.72. The number of amidine groups is 1. The molecule has 0 fully saturated rings. The molecule has 0 aliphatic rings. The van der Waals surface area contributed by atoms with Crippen molar-refractivity contribution in [2.75, 3.05) is 5.73 Å². The summed E-state index contributed by atoms with van der Waals surface area (Å²) in [6, 6.07) is 10.8. The van der Waals surface area contributed by atoms with E-state index in [1.807, 2.05) is 0 Å². The number of nitrogens with two attached hydrogens (primary N) is 2. The zero-order valence-electron chi connectivity index (χ0n) is 10.4. The van der Waals surface area contributed by atoms with Crippen LogP contribution in [0.25, 0.3) is 0 Å². The normalized spacial score (nSPS) is 10.1. The topological polar surface area (TPSA) is 102 Å². The van der Waals surface area contributed by atoms with Crippen molar-refractivity contribution in [1.29, 1.82) is 5.41 Å². The predicted octanol–water partition coefficient (Wildman–Crippen LogP) is 2.43. The molecule has 2 rings (SSSR count). The van der Waals surface area contributed by atoms with Crippen LogP contribution in [-0.2, 0) is 0 Å². The number of nitrogens with one attached hydrogen (secondary N) is 1. The average molecular weight is 290 g/mol. The summed E-state index contributed by atoms with van der Waals surface area (Å²) in [6.45, 7) is 0. The van der Waals surface area contributed by atoms with Gasteiger partial charge in [0.05, 0.1) is 5.56 Å². The second-order valence-corrected chi connectivity index (χ2v) is 4.50. The number of esters is 1. The van der Waals surface area contributed by atoms with Gasteiger partial charge in [-0.25, -0.2) is 4.79 Å². The molecule has 0 amide bonds. The van der Waals surface area contributed by atoms with Gasteiger partial charge in [0, 0.05) is 16.3 Å². The van der Waals surface area contributed by atoms with Gasteiger partial charge in [-0.3, -0.25) is 5.41 Å². The molecular weight excluding hydrogens is 278 g/mol. The lowest BCUT2D eigenvalue weighted by atomic mass is 10.2. The van der Waals surface area contributed by atoms with Gasteiger partial charge in [-0.05, 0) is 42.5 Å². The number of carbonyl (C=O) groups excluding carboxylic acids is 1. The van der Waals surface area contributed by atoms with E-state index < -0.39 is 5.97 Å². The molecular formula is C14H12ClN3O2. The lowest BCUT2D eigenvalue weighted by Crippen LogP contribution is -2.12. The highest BCUT2D eigenvalue weighted by molar-refractivity contribution is 6.31. The second-order valence-electron chi connectivity index (χ2n) is 4.06. The van der Waals surface area contributed by atoms with Crippen molar-refractivity contribution < 1.29 is 9.53 Å². The first-order valence-corrected chi connectivity index (χ1v) is 6.07. The third-order valence-electron chi connectivity index (χ3n) is 2.61. The fourth-order valence-corrected chi connectivity index (χ4v) is 1.76. The summed E-state index contributed by atoms with van der Waals surface area (Å²) in [4.78, 5) is 12.0. The third kappa shape index (κ3) is 3.07. The standard InChI is InChI=1S/C14H12ClN3O2/c15-9-3-6-11(12(16)7-9)14(19)20-10-4-1-8(2-5-10)13(17)18/h1-7H,16H2,(H3,17,18). The van der Waals surface area contributed by atoms with E-state index in [9.17, 15) is 4.79 Å². The Kier molecular flexibility index (Phi) is 3.91. The van der Waals surface area contributed by atoms with E-state index in [1.165, 1.54) is 12.1 Å². The van der Waals surface area contributed by atoms with Crippen LogP contribution in [0.1, 0.15) is 15.9 Å². The number of hydrogen-bond donors (Lipinski definition) is 3. The number of anilines is 1. The van der Waals surface area contributed by atoms with E-state index in [0.717, 1.165) is 0 Å². The summed E-state index contributed by atoms with van der Waals surface area (Å²) < 4.78 is 5.18. The first-order chi connectivity index (χ1) is 9.47. The van der Waals surface area contributed by atoms with E-state index in [4.69, 9.17) is 33.2 Å². The number of benzene rings is 2. The Morgan fingerprint density at radius 3 is 2.35 bits per heavy atom. The summed E-state index contributed by atoms with van der Waals surface area (Å²) in [6.07, 6.45) is 0. The smallest absolute Gasteiger partial charge is 0.345 e.